The standard InChI is InChI=1S/C10H13ClO4/c1-7(9(12)14-3)6-8(2)10(13)15-5-4-11/h6H,2,4-5H2,1,3H3/b7-6+. The zero-order chi connectivity index (χ0) is 11.8. The van der Waals surface area contributed by atoms with Gasteiger partial charge in [-0.1, -0.05) is 6.58 Å². The molecular weight excluding hydrogens is 220 g/mol. The minimum atomic E-state index is -0.598. The van der Waals surface area contributed by atoms with Crippen LogP contribution in [-0.2, 0) is 19.1 Å². The molecule has 0 aliphatic rings. The number of carbonyl (C=O) groups excluding carboxylic acids is 2. The average Bonchev–Trinajstić information content (AvgIpc) is 2.24. The third-order valence-corrected chi connectivity index (χ3v) is 1.62. The molecular formula is C10H13ClO4. The average molecular weight is 233 g/mol. The summed E-state index contributed by atoms with van der Waals surface area (Å²) >= 11 is 5.33. The summed E-state index contributed by atoms with van der Waals surface area (Å²) in [6, 6.07) is 0. The summed E-state index contributed by atoms with van der Waals surface area (Å²) in [4.78, 5) is 22.2. The fourth-order valence-corrected chi connectivity index (χ4v) is 0.841. The largest absolute Gasteiger partial charge is 0.466 e. The molecule has 84 valence electrons. The fourth-order valence-electron chi connectivity index (χ4n) is 0.764. The lowest BCUT2D eigenvalue weighted by Crippen LogP contribution is -2.09. The maximum atomic E-state index is 11.2. The van der Waals surface area contributed by atoms with Gasteiger partial charge in [-0.15, -0.1) is 11.6 Å². The number of alkyl halides is 1. The van der Waals surface area contributed by atoms with Crippen molar-refractivity contribution in [2.75, 3.05) is 19.6 Å². The van der Waals surface area contributed by atoms with E-state index in [9.17, 15) is 9.59 Å². The van der Waals surface area contributed by atoms with E-state index in [0.29, 0.717) is 0 Å². The lowest BCUT2D eigenvalue weighted by atomic mass is 10.2. The lowest BCUT2D eigenvalue weighted by molar-refractivity contribution is -0.138. The van der Waals surface area contributed by atoms with Crippen molar-refractivity contribution in [1.82, 2.24) is 0 Å². The predicted octanol–water partition coefficient (Wildman–Crippen LogP) is 1.44. The van der Waals surface area contributed by atoms with E-state index in [-0.39, 0.29) is 23.6 Å². The molecule has 0 spiro atoms. The zero-order valence-corrected chi connectivity index (χ0v) is 9.47. The van der Waals surface area contributed by atoms with Crippen LogP contribution in [0.4, 0.5) is 0 Å². The minimum absolute atomic E-state index is 0.0861. The Morgan fingerprint density at radius 2 is 2.00 bits per heavy atom. The molecule has 15 heavy (non-hydrogen) atoms. The van der Waals surface area contributed by atoms with Gasteiger partial charge in [0.25, 0.3) is 0 Å². The Balaban J connectivity index is 4.34. The van der Waals surface area contributed by atoms with Crippen LogP contribution >= 0.6 is 11.6 Å². The van der Waals surface area contributed by atoms with Gasteiger partial charge >= 0.3 is 11.9 Å². The highest BCUT2D eigenvalue weighted by Crippen LogP contribution is 2.04. The molecule has 0 bridgehead atoms. The first kappa shape index (κ1) is 13.7. The monoisotopic (exact) mass is 232 g/mol. The lowest BCUT2D eigenvalue weighted by Gasteiger charge is -2.03. The van der Waals surface area contributed by atoms with Crippen LogP contribution in [0.25, 0.3) is 0 Å². The van der Waals surface area contributed by atoms with Crippen LogP contribution in [-0.4, -0.2) is 31.5 Å². The molecule has 0 radical (unpaired) electrons. The van der Waals surface area contributed by atoms with Crippen molar-refractivity contribution in [3.05, 3.63) is 23.8 Å². The second kappa shape index (κ2) is 7.06. The minimum Gasteiger partial charge on any atom is -0.466 e. The molecule has 0 N–H and O–H groups in total. The Hall–Kier alpha value is -1.29. The van der Waals surface area contributed by atoms with Crippen LogP contribution in [0, 0.1) is 0 Å². The molecule has 0 saturated carbocycles. The van der Waals surface area contributed by atoms with Gasteiger partial charge in [-0.05, 0) is 13.0 Å². The Kier molecular flexibility index (Phi) is 6.45. The van der Waals surface area contributed by atoms with Gasteiger partial charge in [0.05, 0.1) is 18.6 Å². The van der Waals surface area contributed by atoms with E-state index in [1.54, 1.807) is 0 Å². The summed E-state index contributed by atoms with van der Waals surface area (Å²) in [5.74, 6) is -0.890. The third-order valence-electron chi connectivity index (χ3n) is 1.47. The number of halogens is 1. The second-order valence-corrected chi connectivity index (χ2v) is 3.05. The Labute approximate surface area is 93.5 Å². The molecule has 0 aliphatic carbocycles. The van der Waals surface area contributed by atoms with E-state index in [0.717, 1.165) is 0 Å². The normalized spacial score (nSPS) is 10.7. The van der Waals surface area contributed by atoms with Gasteiger partial charge in [0.1, 0.15) is 6.61 Å². The van der Waals surface area contributed by atoms with Crippen molar-refractivity contribution in [2.24, 2.45) is 0 Å². The molecule has 4 nitrogen and oxygen atoms in total. The zero-order valence-electron chi connectivity index (χ0n) is 8.71. The van der Waals surface area contributed by atoms with E-state index in [1.165, 1.54) is 20.1 Å². The summed E-state index contributed by atoms with van der Waals surface area (Å²) in [5.41, 5.74) is 0.369. The molecule has 0 amide bonds. The molecule has 0 fully saturated rings. The number of rotatable bonds is 5. The van der Waals surface area contributed by atoms with Gasteiger partial charge in [-0.2, -0.15) is 0 Å². The number of ether oxygens (including phenoxy) is 2. The topological polar surface area (TPSA) is 52.6 Å². The Morgan fingerprint density at radius 3 is 2.47 bits per heavy atom. The Bertz CT molecular complexity index is 294. The molecule has 0 rings (SSSR count). The number of carbonyl (C=O) groups is 2. The molecule has 5 heteroatoms. The fraction of sp³-hybridized carbons (Fsp3) is 0.400. The summed E-state index contributed by atoms with van der Waals surface area (Å²) < 4.78 is 9.15. The first-order chi connectivity index (χ1) is 7.02. The predicted molar refractivity (Wildman–Crippen MR) is 56.6 cm³/mol. The van der Waals surface area contributed by atoms with Crippen molar-refractivity contribution >= 4 is 23.5 Å². The van der Waals surface area contributed by atoms with Gasteiger partial charge in [0, 0.05) is 5.57 Å². The van der Waals surface area contributed by atoms with Gasteiger partial charge in [-0.3, -0.25) is 0 Å². The van der Waals surface area contributed by atoms with E-state index in [1.807, 2.05) is 0 Å². The van der Waals surface area contributed by atoms with Crippen molar-refractivity contribution in [2.45, 2.75) is 6.92 Å². The SMILES string of the molecule is C=C(/C=C(\C)C(=O)OC)C(=O)OCCCl. The van der Waals surface area contributed by atoms with E-state index in [4.69, 9.17) is 16.3 Å². The summed E-state index contributed by atoms with van der Waals surface area (Å²) in [6.07, 6.45) is 1.31. The number of methoxy groups -OCH3 is 1. The molecule has 0 aliphatic heterocycles. The van der Waals surface area contributed by atoms with Crippen molar-refractivity contribution in [3.63, 3.8) is 0 Å². The number of hydrogen-bond donors (Lipinski definition) is 0. The van der Waals surface area contributed by atoms with Crippen LogP contribution in [0.2, 0.25) is 0 Å². The molecule has 0 aromatic carbocycles. The van der Waals surface area contributed by atoms with Crippen LogP contribution in [0.1, 0.15) is 6.92 Å². The van der Waals surface area contributed by atoms with Crippen molar-refractivity contribution in [1.29, 1.82) is 0 Å². The highest BCUT2D eigenvalue weighted by Gasteiger charge is 2.09. The summed E-state index contributed by atoms with van der Waals surface area (Å²) in [7, 11) is 1.26. The third kappa shape index (κ3) is 5.22. The molecule has 0 heterocycles. The first-order valence-electron chi connectivity index (χ1n) is 4.21. The van der Waals surface area contributed by atoms with Crippen LogP contribution in [0.3, 0.4) is 0 Å². The van der Waals surface area contributed by atoms with Crippen LogP contribution < -0.4 is 0 Å². The molecule has 0 aromatic heterocycles. The van der Waals surface area contributed by atoms with E-state index in [2.05, 4.69) is 11.3 Å². The van der Waals surface area contributed by atoms with Crippen LogP contribution in [0.5, 0.6) is 0 Å². The van der Waals surface area contributed by atoms with Crippen molar-refractivity contribution in [3.8, 4) is 0 Å². The van der Waals surface area contributed by atoms with Crippen molar-refractivity contribution < 1.29 is 19.1 Å². The Morgan fingerprint density at radius 1 is 1.40 bits per heavy atom. The summed E-state index contributed by atoms with van der Waals surface area (Å²) in [6.45, 7) is 5.10. The maximum Gasteiger partial charge on any atom is 0.337 e. The molecule has 0 unspecified atom stereocenters. The van der Waals surface area contributed by atoms with Crippen LogP contribution in [0.15, 0.2) is 23.8 Å². The molecule has 0 atom stereocenters. The second-order valence-electron chi connectivity index (χ2n) is 2.67. The van der Waals surface area contributed by atoms with Gasteiger partial charge in [-0.25, -0.2) is 9.59 Å². The van der Waals surface area contributed by atoms with E-state index < -0.39 is 11.9 Å². The molecule has 0 saturated heterocycles. The highest BCUT2D eigenvalue weighted by molar-refractivity contribution is 6.18. The van der Waals surface area contributed by atoms with Gasteiger partial charge < -0.3 is 9.47 Å². The quantitative estimate of drug-likeness (QED) is 0.312. The first-order valence-corrected chi connectivity index (χ1v) is 4.75. The number of esters is 2. The van der Waals surface area contributed by atoms with E-state index >= 15 is 0 Å². The summed E-state index contributed by atoms with van der Waals surface area (Å²) in [5, 5.41) is 0. The van der Waals surface area contributed by atoms with Gasteiger partial charge in [0.15, 0.2) is 0 Å². The number of hydrogen-bond acceptors (Lipinski definition) is 4. The smallest absolute Gasteiger partial charge is 0.337 e. The molecule has 0 aromatic rings. The van der Waals surface area contributed by atoms with Gasteiger partial charge in [0.2, 0.25) is 0 Å². The maximum absolute atomic E-state index is 11.2. The highest BCUT2D eigenvalue weighted by atomic mass is 35.5.